The highest BCUT2D eigenvalue weighted by Crippen LogP contribution is 2.13. The lowest BCUT2D eigenvalue weighted by Gasteiger charge is -2.07. The molecule has 0 aromatic heterocycles. The first-order valence-electron chi connectivity index (χ1n) is 12.7. The van der Waals surface area contributed by atoms with Gasteiger partial charge in [-0.3, -0.25) is 9.59 Å². The lowest BCUT2D eigenvalue weighted by Crippen LogP contribution is -2.30. The van der Waals surface area contributed by atoms with Crippen LogP contribution in [0.2, 0.25) is 0 Å². The van der Waals surface area contributed by atoms with E-state index in [0.717, 1.165) is 19.3 Å². The van der Waals surface area contributed by atoms with Crippen molar-refractivity contribution in [1.82, 2.24) is 5.32 Å². The Labute approximate surface area is 190 Å². The van der Waals surface area contributed by atoms with Crippen molar-refractivity contribution >= 4 is 11.9 Å². The van der Waals surface area contributed by atoms with Gasteiger partial charge in [-0.2, -0.15) is 0 Å². The summed E-state index contributed by atoms with van der Waals surface area (Å²) in [5.74, 6) is -0.607. The van der Waals surface area contributed by atoms with Crippen molar-refractivity contribution < 1.29 is 14.3 Å². The van der Waals surface area contributed by atoms with Crippen molar-refractivity contribution in [2.75, 3.05) is 13.2 Å². The Morgan fingerprint density at radius 3 is 1.68 bits per heavy atom. The summed E-state index contributed by atoms with van der Waals surface area (Å²) < 4.78 is 5.22. The third-order valence-corrected chi connectivity index (χ3v) is 5.78. The first-order valence-corrected chi connectivity index (χ1v) is 12.7. The summed E-state index contributed by atoms with van der Waals surface area (Å²) in [5, 5.41) is 2.62. The SMILES string of the molecule is CCCCCCCCCCCCCCCCOC(=O)CNC(=O)c1ccc(CC)cc1. The van der Waals surface area contributed by atoms with Crippen LogP contribution >= 0.6 is 0 Å². The molecule has 0 aliphatic rings. The summed E-state index contributed by atoms with van der Waals surface area (Å²) in [5.41, 5.74) is 1.75. The number of rotatable bonds is 19. The lowest BCUT2D eigenvalue weighted by molar-refractivity contribution is -0.142. The minimum Gasteiger partial charge on any atom is -0.464 e. The highest BCUT2D eigenvalue weighted by molar-refractivity contribution is 5.95. The smallest absolute Gasteiger partial charge is 0.325 e. The van der Waals surface area contributed by atoms with Gasteiger partial charge in [0.05, 0.1) is 6.61 Å². The molecule has 0 atom stereocenters. The number of nitrogens with one attached hydrogen (secondary N) is 1. The number of aryl methyl sites for hydroxylation is 1. The van der Waals surface area contributed by atoms with Gasteiger partial charge in [0.15, 0.2) is 0 Å². The zero-order valence-electron chi connectivity index (χ0n) is 20.1. The molecule has 0 bridgehead atoms. The molecular formula is C27H45NO3. The average molecular weight is 432 g/mol. The lowest BCUT2D eigenvalue weighted by atomic mass is 10.0. The maximum atomic E-state index is 12.0. The molecule has 1 aromatic rings. The number of carbonyl (C=O) groups is 2. The highest BCUT2D eigenvalue weighted by Gasteiger charge is 2.08. The monoisotopic (exact) mass is 431 g/mol. The molecule has 1 N–H and O–H groups in total. The Morgan fingerprint density at radius 1 is 0.710 bits per heavy atom. The molecule has 4 nitrogen and oxygen atoms in total. The summed E-state index contributed by atoms with van der Waals surface area (Å²) >= 11 is 0. The van der Waals surface area contributed by atoms with Crippen molar-refractivity contribution in [2.24, 2.45) is 0 Å². The van der Waals surface area contributed by atoms with Crippen LogP contribution in [0.25, 0.3) is 0 Å². The Hall–Kier alpha value is -1.84. The number of benzene rings is 1. The molecule has 0 aliphatic carbocycles. The van der Waals surface area contributed by atoms with Crippen LogP contribution in [0.15, 0.2) is 24.3 Å². The molecule has 0 radical (unpaired) electrons. The van der Waals surface area contributed by atoms with E-state index >= 15 is 0 Å². The van der Waals surface area contributed by atoms with Crippen LogP contribution in [-0.2, 0) is 16.0 Å². The second-order valence-corrected chi connectivity index (χ2v) is 8.55. The fraction of sp³-hybridized carbons (Fsp3) is 0.704. The summed E-state index contributed by atoms with van der Waals surface area (Å²) in [7, 11) is 0. The van der Waals surface area contributed by atoms with Gasteiger partial charge in [0.1, 0.15) is 6.54 Å². The van der Waals surface area contributed by atoms with Gasteiger partial charge in [0.25, 0.3) is 5.91 Å². The summed E-state index contributed by atoms with van der Waals surface area (Å²) in [4.78, 5) is 23.8. The van der Waals surface area contributed by atoms with Crippen LogP contribution < -0.4 is 5.32 Å². The fourth-order valence-electron chi connectivity index (χ4n) is 3.68. The van der Waals surface area contributed by atoms with E-state index < -0.39 is 0 Å². The van der Waals surface area contributed by atoms with Crippen LogP contribution in [0.5, 0.6) is 0 Å². The molecule has 0 heterocycles. The number of hydrogen-bond donors (Lipinski definition) is 1. The van der Waals surface area contributed by atoms with Gasteiger partial charge in [-0.05, 0) is 30.5 Å². The Balaban J connectivity index is 1.88. The van der Waals surface area contributed by atoms with E-state index in [-0.39, 0.29) is 18.4 Å². The molecule has 0 aliphatic heterocycles. The van der Waals surface area contributed by atoms with E-state index in [1.54, 1.807) is 12.1 Å². The molecule has 0 unspecified atom stereocenters. The summed E-state index contributed by atoms with van der Waals surface area (Å²) in [6.45, 7) is 4.71. The quantitative estimate of drug-likeness (QED) is 0.189. The zero-order valence-corrected chi connectivity index (χ0v) is 20.1. The van der Waals surface area contributed by atoms with E-state index in [9.17, 15) is 9.59 Å². The van der Waals surface area contributed by atoms with Gasteiger partial charge in [-0.15, -0.1) is 0 Å². The van der Waals surface area contributed by atoms with Crippen LogP contribution in [0, 0.1) is 0 Å². The minimum absolute atomic E-state index is 0.0764. The number of esters is 1. The zero-order chi connectivity index (χ0) is 22.6. The number of unbranched alkanes of at least 4 members (excludes halogenated alkanes) is 13. The van der Waals surface area contributed by atoms with E-state index in [1.807, 2.05) is 12.1 Å². The van der Waals surface area contributed by atoms with Gasteiger partial charge >= 0.3 is 5.97 Å². The second-order valence-electron chi connectivity index (χ2n) is 8.55. The average Bonchev–Trinajstić information content (AvgIpc) is 2.80. The molecule has 0 saturated heterocycles. The highest BCUT2D eigenvalue weighted by atomic mass is 16.5. The number of carbonyl (C=O) groups excluding carboxylic acids is 2. The molecular weight excluding hydrogens is 386 g/mol. The molecule has 1 rings (SSSR count). The first kappa shape index (κ1) is 27.2. The molecule has 0 fully saturated rings. The van der Waals surface area contributed by atoms with Crippen LogP contribution in [0.1, 0.15) is 120 Å². The maximum absolute atomic E-state index is 12.0. The molecule has 31 heavy (non-hydrogen) atoms. The largest absolute Gasteiger partial charge is 0.464 e. The second kappa shape index (κ2) is 18.9. The maximum Gasteiger partial charge on any atom is 0.325 e. The summed E-state index contributed by atoms with van der Waals surface area (Å²) in [6.07, 6.45) is 19.2. The van der Waals surface area contributed by atoms with Gasteiger partial charge in [-0.25, -0.2) is 0 Å². The van der Waals surface area contributed by atoms with Crippen molar-refractivity contribution in [1.29, 1.82) is 0 Å². The minimum atomic E-state index is -0.367. The number of ether oxygens (including phenoxy) is 1. The Kier molecular flexibility index (Phi) is 16.6. The normalized spacial score (nSPS) is 10.8. The number of hydrogen-bond acceptors (Lipinski definition) is 3. The molecule has 1 aromatic carbocycles. The van der Waals surface area contributed by atoms with E-state index in [4.69, 9.17) is 4.74 Å². The van der Waals surface area contributed by atoms with E-state index in [0.29, 0.717) is 12.2 Å². The Bertz CT molecular complexity index is 583. The predicted octanol–water partition coefficient (Wildman–Crippen LogP) is 7.00. The third-order valence-electron chi connectivity index (χ3n) is 5.78. The van der Waals surface area contributed by atoms with E-state index in [2.05, 4.69) is 19.2 Å². The van der Waals surface area contributed by atoms with Gasteiger partial charge in [-0.1, -0.05) is 109 Å². The molecule has 0 saturated carbocycles. The Morgan fingerprint density at radius 2 is 1.19 bits per heavy atom. The van der Waals surface area contributed by atoms with Crippen LogP contribution in [-0.4, -0.2) is 25.0 Å². The molecule has 176 valence electrons. The van der Waals surface area contributed by atoms with Crippen molar-refractivity contribution in [3.8, 4) is 0 Å². The summed E-state index contributed by atoms with van der Waals surface area (Å²) in [6, 6.07) is 7.44. The molecule has 4 heteroatoms. The topological polar surface area (TPSA) is 55.4 Å². The van der Waals surface area contributed by atoms with Crippen molar-refractivity contribution in [3.63, 3.8) is 0 Å². The fourth-order valence-corrected chi connectivity index (χ4v) is 3.68. The van der Waals surface area contributed by atoms with Crippen molar-refractivity contribution in [3.05, 3.63) is 35.4 Å². The standard InChI is InChI=1S/C27H45NO3/c1-3-5-6-7-8-9-10-11-12-13-14-15-16-17-22-31-26(29)23-28-27(30)25-20-18-24(4-2)19-21-25/h18-21H,3-17,22-23H2,1-2H3,(H,28,30). The predicted molar refractivity (Wildman–Crippen MR) is 129 cm³/mol. The molecule has 1 amide bonds. The van der Waals surface area contributed by atoms with Gasteiger partial charge < -0.3 is 10.1 Å². The van der Waals surface area contributed by atoms with E-state index in [1.165, 1.54) is 82.6 Å². The van der Waals surface area contributed by atoms with Crippen molar-refractivity contribution in [2.45, 2.75) is 110 Å². The van der Waals surface area contributed by atoms with Gasteiger partial charge in [0, 0.05) is 5.56 Å². The third kappa shape index (κ3) is 14.7. The first-order chi connectivity index (χ1) is 15.2. The number of amides is 1. The van der Waals surface area contributed by atoms with Crippen LogP contribution in [0.4, 0.5) is 0 Å². The van der Waals surface area contributed by atoms with Crippen LogP contribution in [0.3, 0.4) is 0 Å². The van der Waals surface area contributed by atoms with Gasteiger partial charge in [0.2, 0.25) is 0 Å². The molecule has 0 spiro atoms.